The van der Waals surface area contributed by atoms with E-state index in [2.05, 4.69) is 25.1 Å². The molecule has 82 valence electrons. The Kier molecular flexibility index (Phi) is 2.69. The molecule has 0 atom stereocenters. The molecular weight excluding hydrogens is 196 g/mol. The number of aryl methyl sites for hydroxylation is 2. The first-order chi connectivity index (χ1) is 7.59. The van der Waals surface area contributed by atoms with Gasteiger partial charge in [0.05, 0.1) is 0 Å². The maximum absolute atomic E-state index is 9.83. The van der Waals surface area contributed by atoms with Crippen LogP contribution in [0.5, 0.6) is 5.75 Å². The molecule has 0 radical (unpaired) electrons. The Morgan fingerprint density at radius 2 is 1.56 bits per heavy atom. The van der Waals surface area contributed by atoms with Crippen LogP contribution in [0.15, 0.2) is 36.4 Å². The van der Waals surface area contributed by atoms with Gasteiger partial charge in [-0.05, 0) is 54.7 Å². The summed E-state index contributed by atoms with van der Waals surface area (Å²) in [6, 6.07) is 12.2. The molecule has 0 unspecified atom stereocenters. The second kappa shape index (κ2) is 4.01. The number of aromatic hydroxyl groups is 1. The van der Waals surface area contributed by atoms with Gasteiger partial charge < -0.3 is 5.11 Å². The first-order valence-electron chi connectivity index (χ1n) is 5.46. The summed E-state index contributed by atoms with van der Waals surface area (Å²) in [6.07, 6.45) is 0. The summed E-state index contributed by atoms with van der Waals surface area (Å²) in [6.45, 7) is 6.05. The zero-order chi connectivity index (χ0) is 11.7. The molecule has 2 rings (SSSR count). The highest BCUT2D eigenvalue weighted by Gasteiger charge is 2.06. The van der Waals surface area contributed by atoms with E-state index in [-0.39, 0.29) is 0 Å². The van der Waals surface area contributed by atoms with E-state index < -0.39 is 0 Å². The van der Waals surface area contributed by atoms with E-state index in [0.717, 1.165) is 16.7 Å². The van der Waals surface area contributed by atoms with Crippen LogP contribution in [0, 0.1) is 20.8 Å². The first kappa shape index (κ1) is 10.7. The maximum Gasteiger partial charge on any atom is 0.119 e. The van der Waals surface area contributed by atoms with Gasteiger partial charge in [-0.1, -0.05) is 30.3 Å². The van der Waals surface area contributed by atoms with Gasteiger partial charge in [0.15, 0.2) is 0 Å². The summed E-state index contributed by atoms with van der Waals surface area (Å²) in [5.41, 5.74) is 5.57. The second-order valence-electron chi connectivity index (χ2n) is 4.25. The van der Waals surface area contributed by atoms with Crippen molar-refractivity contribution in [3.05, 3.63) is 53.1 Å². The van der Waals surface area contributed by atoms with Crippen LogP contribution in [0.3, 0.4) is 0 Å². The Balaban J connectivity index is 2.62. The van der Waals surface area contributed by atoms with Gasteiger partial charge in [-0.25, -0.2) is 0 Å². The lowest BCUT2D eigenvalue weighted by Crippen LogP contribution is -1.87. The van der Waals surface area contributed by atoms with Crippen molar-refractivity contribution in [2.45, 2.75) is 20.8 Å². The quantitative estimate of drug-likeness (QED) is 0.758. The second-order valence-corrected chi connectivity index (χ2v) is 4.25. The zero-order valence-corrected chi connectivity index (χ0v) is 9.91. The average molecular weight is 212 g/mol. The summed E-state index contributed by atoms with van der Waals surface area (Å²) in [5, 5.41) is 9.83. The molecule has 1 nitrogen and oxygen atoms in total. The molecule has 0 heterocycles. The largest absolute Gasteiger partial charge is 0.508 e. The van der Waals surface area contributed by atoms with Gasteiger partial charge in [-0.3, -0.25) is 0 Å². The van der Waals surface area contributed by atoms with Crippen LogP contribution in [0.25, 0.3) is 11.1 Å². The average Bonchev–Trinajstić information content (AvgIpc) is 2.26. The van der Waals surface area contributed by atoms with Crippen molar-refractivity contribution in [2.75, 3.05) is 0 Å². The van der Waals surface area contributed by atoms with E-state index in [0.29, 0.717) is 5.75 Å². The Labute approximate surface area is 96.4 Å². The standard InChI is InChI=1S/C15H16O/c1-10-6-4-5-7-14(10)13-8-11(2)12(3)15(16)9-13/h4-9,16H,1-3H3. The minimum atomic E-state index is 0.373. The molecule has 0 fully saturated rings. The van der Waals surface area contributed by atoms with E-state index in [4.69, 9.17) is 0 Å². The van der Waals surface area contributed by atoms with Gasteiger partial charge in [0.1, 0.15) is 5.75 Å². The molecule has 2 aromatic rings. The van der Waals surface area contributed by atoms with Crippen molar-refractivity contribution in [1.82, 2.24) is 0 Å². The lowest BCUT2D eigenvalue weighted by Gasteiger charge is -2.10. The van der Waals surface area contributed by atoms with Gasteiger partial charge in [0.25, 0.3) is 0 Å². The van der Waals surface area contributed by atoms with Crippen LogP contribution < -0.4 is 0 Å². The number of benzene rings is 2. The van der Waals surface area contributed by atoms with Gasteiger partial charge >= 0.3 is 0 Å². The number of hydrogen-bond acceptors (Lipinski definition) is 1. The van der Waals surface area contributed by atoms with Gasteiger partial charge in [-0.15, -0.1) is 0 Å². The number of rotatable bonds is 1. The fraction of sp³-hybridized carbons (Fsp3) is 0.200. The van der Waals surface area contributed by atoms with Crippen LogP contribution in [0.1, 0.15) is 16.7 Å². The first-order valence-corrected chi connectivity index (χ1v) is 5.46. The smallest absolute Gasteiger partial charge is 0.119 e. The third kappa shape index (κ3) is 1.81. The summed E-state index contributed by atoms with van der Waals surface area (Å²) < 4.78 is 0. The Morgan fingerprint density at radius 1 is 0.875 bits per heavy atom. The third-order valence-electron chi connectivity index (χ3n) is 3.10. The summed E-state index contributed by atoms with van der Waals surface area (Å²) in [5.74, 6) is 0.373. The third-order valence-corrected chi connectivity index (χ3v) is 3.10. The molecular formula is C15H16O. The van der Waals surface area contributed by atoms with E-state index in [1.165, 1.54) is 11.1 Å². The van der Waals surface area contributed by atoms with E-state index in [9.17, 15) is 5.11 Å². The molecule has 0 saturated heterocycles. The van der Waals surface area contributed by atoms with Gasteiger partial charge in [0.2, 0.25) is 0 Å². The fourth-order valence-electron chi connectivity index (χ4n) is 1.89. The molecule has 0 aromatic heterocycles. The highest BCUT2D eigenvalue weighted by Crippen LogP contribution is 2.30. The molecule has 0 bridgehead atoms. The monoisotopic (exact) mass is 212 g/mol. The summed E-state index contributed by atoms with van der Waals surface area (Å²) in [4.78, 5) is 0. The Morgan fingerprint density at radius 3 is 2.19 bits per heavy atom. The Bertz CT molecular complexity index is 504. The molecule has 2 aromatic carbocycles. The predicted octanol–water partition coefficient (Wildman–Crippen LogP) is 3.98. The van der Waals surface area contributed by atoms with Crippen LogP contribution in [0.4, 0.5) is 0 Å². The van der Waals surface area contributed by atoms with E-state index in [1.54, 1.807) is 0 Å². The van der Waals surface area contributed by atoms with E-state index >= 15 is 0 Å². The number of phenols is 1. The van der Waals surface area contributed by atoms with Crippen molar-refractivity contribution >= 4 is 0 Å². The molecule has 0 aliphatic carbocycles. The van der Waals surface area contributed by atoms with Crippen LogP contribution >= 0.6 is 0 Å². The molecule has 0 amide bonds. The van der Waals surface area contributed by atoms with E-state index in [1.807, 2.05) is 32.0 Å². The fourth-order valence-corrected chi connectivity index (χ4v) is 1.89. The number of phenolic OH excluding ortho intramolecular Hbond substituents is 1. The van der Waals surface area contributed by atoms with Crippen LogP contribution in [-0.2, 0) is 0 Å². The lowest BCUT2D eigenvalue weighted by atomic mass is 9.96. The molecule has 0 aliphatic rings. The normalized spacial score (nSPS) is 10.4. The molecule has 0 aliphatic heterocycles. The van der Waals surface area contributed by atoms with Crippen molar-refractivity contribution in [3.8, 4) is 16.9 Å². The van der Waals surface area contributed by atoms with Crippen molar-refractivity contribution in [2.24, 2.45) is 0 Å². The minimum Gasteiger partial charge on any atom is -0.508 e. The molecule has 0 spiro atoms. The molecule has 16 heavy (non-hydrogen) atoms. The Hall–Kier alpha value is -1.76. The topological polar surface area (TPSA) is 20.2 Å². The van der Waals surface area contributed by atoms with Gasteiger partial charge in [0, 0.05) is 0 Å². The molecule has 0 saturated carbocycles. The SMILES string of the molecule is Cc1ccccc1-c1cc(C)c(C)c(O)c1. The summed E-state index contributed by atoms with van der Waals surface area (Å²) in [7, 11) is 0. The zero-order valence-electron chi connectivity index (χ0n) is 9.91. The van der Waals surface area contributed by atoms with Crippen LogP contribution in [-0.4, -0.2) is 5.11 Å². The molecule has 1 heteroatoms. The van der Waals surface area contributed by atoms with Crippen molar-refractivity contribution < 1.29 is 5.11 Å². The van der Waals surface area contributed by atoms with Crippen molar-refractivity contribution in [1.29, 1.82) is 0 Å². The highest BCUT2D eigenvalue weighted by atomic mass is 16.3. The predicted molar refractivity (Wildman–Crippen MR) is 67.8 cm³/mol. The minimum absolute atomic E-state index is 0.373. The van der Waals surface area contributed by atoms with Gasteiger partial charge in [-0.2, -0.15) is 0 Å². The molecule has 1 N–H and O–H groups in total. The highest BCUT2D eigenvalue weighted by molar-refractivity contribution is 5.70. The maximum atomic E-state index is 9.83. The van der Waals surface area contributed by atoms with Crippen LogP contribution in [0.2, 0.25) is 0 Å². The van der Waals surface area contributed by atoms with Crippen molar-refractivity contribution in [3.63, 3.8) is 0 Å². The summed E-state index contributed by atoms with van der Waals surface area (Å²) >= 11 is 0. The lowest BCUT2D eigenvalue weighted by molar-refractivity contribution is 0.471. The number of hydrogen-bond donors (Lipinski definition) is 1.